The zero-order chi connectivity index (χ0) is 14.8. The average Bonchev–Trinajstić information content (AvgIpc) is 2.89. The van der Waals surface area contributed by atoms with Crippen LogP contribution in [0.4, 0.5) is 0 Å². The van der Waals surface area contributed by atoms with Crippen LogP contribution in [0.1, 0.15) is 27.3 Å². The van der Waals surface area contributed by atoms with Gasteiger partial charge in [0.25, 0.3) is 0 Å². The Kier molecular flexibility index (Phi) is 3.13. The molecule has 21 heavy (non-hydrogen) atoms. The Morgan fingerprint density at radius 1 is 1.14 bits per heavy atom. The van der Waals surface area contributed by atoms with Gasteiger partial charge in [-0.1, -0.05) is 18.1 Å². The van der Waals surface area contributed by atoms with E-state index in [-0.39, 0.29) is 0 Å². The number of nitrogens with zero attached hydrogens (tertiary/aromatic N) is 3. The van der Waals surface area contributed by atoms with Gasteiger partial charge in [0.2, 0.25) is 11.7 Å². The number of fused-ring (bicyclic) bond motifs is 1. The van der Waals surface area contributed by atoms with Crippen LogP contribution in [0.2, 0.25) is 0 Å². The van der Waals surface area contributed by atoms with Crippen molar-refractivity contribution in [1.82, 2.24) is 14.6 Å². The summed E-state index contributed by atoms with van der Waals surface area (Å²) in [5.41, 5.74) is 8.07. The number of hydrogen-bond acceptors (Lipinski definition) is 3. The first-order valence-corrected chi connectivity index (χ1v) is 6.38. The molecule has 0 aliphatic rings. The highest BCUT2D eigenvalue weighted by atomic mass is 16.1. The van der Waals surface area contributed by atoms with Crippen LogP contribution in [0.3, 0.4) is 0 Å². The smallest absolute Gasteiger partial charge is 0.249 e. The molecule has 0 saturated carbocycles. The lowest BCUT2D eigenvalue weighted by Gasteiger charge is -2.02. The van der Waals surface area contributed by atoms with Crippen molar-refractivity contribution in [3.8, 4) is 11.8 Å². The molecule has 5 heteroatoms. The third kappa shape index (κ3) is 2.35. The van der Waals surface area contributed by atoms with E-state index in [0.717, 1.165) is 16.8 Å². The first kappa shape index (κ1) is 12.9. The molecule has 3 aromatic rings. The van der Waals surface area contributed by atoms with Gasteiger partial charge in [0.15, 0.2) is 5.65 Å². The van der Waals surface area contributed by atoms with E-state index in [0.29, 0.717) is 11.4 Å². The SMILES string of the molecule is Cc1c(C#Cc2nnc3ccccn23)cccc1C(N)=O. The van der Waals surface area contributed by atoms with Crippen LogP contribution in [-0.4, -0.2) is 20.5 Å². The molecule has 3 rings (SSSR count). The normalized spacial score (nSPS) is 10.1. The predicted octanol–water partition coefficient (Wildman–Crippen LogP) is 1.54. The standard InChI is InChI=1S/C16H12N4O/c1-11-12(5-4-6-13(11)16(17)21)8-9-15-19-18-14-7-2-3-10-20(14)15/h2-7,10H,1H3,(H2,17,21). The van der Waals surface area contributed by atoms with Crippen molar-refractivity contribution < 1.29 is 4.79 Å². The molecular weight excluding hydrogens is 264 g/mol. The minimum atomic E-state index is -0.455. The number of pyridine rings is 1. The molecule has 0 spiro atoms. The number of primary amides is 1. The van der Waals surface area contributed by atoms with Gasteiger partial charge < -0.3 is 5.73 Å². The monoisotopic (exact) mass is 276 g/mol. The molecule has 0 atom stereocenters. The largest absolute Gasteiger partial charge is 0.366 e. The van der Waals surface area contributed by atoms with Gasteiger partial charge in [-0.15, -0.1) is 10.2 Å². The van der Waals surface area contributed by atoms with Crippen LogP contribution in [-0.2, 0) is 0 Å². The molecule has 0 aliphatic carbocycles. The fourth-order valence-corrected chi connectivity index (χ4v) is 2.09. The molecule has 0 radical (unpaired) electrons. The number of aromatic nitrogens is 3. The second-order valence-corrected chi connectivity index (χ2v) is 4.54. The molecule has 0 bridgehead atoms. The van der Waals surface area contributed by atoms with E-state index in [1.54, 1.807) is 16.5 Å². The van der Waals surface area contributed by atoms with Crippen molar-refractivity contribution >= 4 is 11.6 Å². The molecule has 1 amide bonds. The van der Waals surface area contributed by atoms with E-state index in [9.17, 15) is 4.79 Å². The summed E-state index contributed by atoms with van der Waals surface area (Å²) >= 11 is 0. The lowest BCUT2D eigenvalue weighted by molar-refractivity contribution is 0.0999. The fourth-order valence-electron chi connectivity index (χ4n) is 2.09. The first-order chi connectivity index (χ1) is 10.2. The van der Waals surface area contributed by atoms with Crippen LogP contribution in [0, 0.1) is 18.8 Å². The molecule has 1 aromatic carbocycles. The van der Waals surface area contributed by atoms with E-state index in [1.165, 1.54) is 0 Å². The Morgan fingerprint density at radius 3 is 2.81 bits per heavy atom. The summed E-state index contributed by atoms with van der Waals surface area (Å²) < 4.78 is 1.81. The van der Waals surface area contributed by atoms with Crippen LogP contribution >= 0.6 is 0 Å². The van der Waals surface area contributed by atoms with Gasteiger partial charge in [-0.3, -0.25) is 9.20 Å². The third-order valence-electron chi connectivity index (χ3n) is 3.22. The summed E-state index contributed by atoms with van der Waals surface area (Å²) in [6.45, 7) is 1.83. The Hall–Kier alpha value is -3.13. The molecule has 2 N–H and O–H groups in total. The van der Waals surface area contributed by atoms with Crippen LogP contribution in [0.5, 0.6) is 0 Å². The number of carbonyl (C=O) groups excluding carboxylic acids is 1. The number of hydrogen-bond donors (Lipinski definition) is 1. The van der Waals surface area contributed by atoms with E-state index in [1.807, 2.05) is 37.4 Å². The summed E-state index contributed by atoms with van der Waals surface area (Å²) in [6.07, 6.45) is 1.85. The lowest BCUT2D eigenvalue weighted by Crippen LogP contribution is -2.13. The number of benzene rings is 1. The highest BCUT2D eigenvalue weighted by Gasteiger charge is 2.07. The molecule has 2 heterocycles. The molecular formula is C16H12N4O. The minimum absolute atomic E-state index is 0.455. The molecule has 0 unspecified atom stereocenters. The van der Waals surface area contributed by atoms with Gasteiger partial charge in [0.05, 0.1) is 0 Å². The summed E-state index contributed by atoms with van der Waals surface area (Å²) in [5.74, 6) is 6.10. The van der Waals surface area contributed by atoms with Crippen molar-refractivity contribution in [2.45, 2.75) is 6.92 Å². The van der Waals surface area contributed by atoms with E-state index in [2.05, 4.69) is 22.0 Å². The van der Waals surface area contributed by atoms with Crippen molar-refractivity contribution in [1.29, 1.82) is 0 Å². The van der Waals surface area contributed by atoms with Gasteiger partial charge in [-0.25, -0.2) is 0 Å². The Labute approximate surface area is 121 Å². The zero-order valence-corrected chi connectivity index (χ0v) is 11.4. The van der Waals surface area contributed by atoms with Gasteiger partial charge in [-0.2, -0.15) is 0 Å². The van der Waals surface area contributed by atoms with Crippen LogP contribution in [0.25, 0.3) is 5.65 Å². The number of rotatable bonds is 1. The molecule has 0 aliphatic heterocycles. The highest BCUT2D eigenvalue weighted by Crippen LogP contribution is 2.12. The average molecular weight is 276 g/mol. The number of nitrogens with two attached hydrogens (primary N) is 1. The van der Waals surface area contributed by atoms with Gasteiger partial charge in [-0.05, 0) is 42.7 Å². The van der Waals surface area contributed by atoms with Crippen molar-refractivity contribution in [3.05, 3.63) is 65.1 Å². The van der Waals surface area contributed by atoms with Gasteiger partial charge >= 0.3 is 0 Å². The predicted molar refractivity (Wildman–Crippen MR) is 78.7 cm³/mol. The quantitative estimate of drug-likeness (QED) is 0.685. The summed E-state index contributed by atoms with van der Waals surface area (Å²) in [7, 11) is 0. The summed E-state index contributed by atoms with van der Waals surface area (Å²) in [6, 6.07) is 10.9. The summed E-state index contributed by atoms with van der Waals surface area (Å²) in [5, 5.41) is 8.08. The molecule has 5 nitrogen and oxygen atoms in total. The van der Waals surface area contributed by atoms with E-state index in [4.69, 9.17) is 5.73 Å². The topological polar surface area (TPSA) is 73.3 Å². The second-order valence-electron chi connectivity index (χ2n) is 4.54. The van der Waals surface area contributed by atoms with Crippen molar-refractivity contribution in [2.75, 3.05) is 0 Å². The highest BCUT2D eigenvalue weighted by molar-refractivity contribution is 5.94. The molecule has 2 aromatic heterocycles. The third-order valence-corrected chi connectivity index (χ3v) is 3.22. The van der Waals surface area contributed by atoms with E-state index >= 15 is 0 Å². The van der Waals surface area contributed by atoms with Crippen molar-refractivity contribution in [3.63, 3.8) is 0 Å². The summed E-state index contributed by atoms with van der Waals surface area (Å²) in [4.78, 5) is 11.3. The molecule has 102 valence electrons. The number of carbonyl (C=O) groups is 1. The minimum Gasteiger partial charge on any atom is -0.366 e. The maximum Gasteiger partial charge on any atom is 0.249 e. The fraction of sp³-hybridized carbons (Fsp3) is 0.0625. The molecule has 0 saturated heterocycles. The second kappa shape index (κ2) is 5.10. The zero-order valence-electron chi connectivity index (χ0n) is 11.4. The molecule has 0 fully saturated rings. The Bertz CT molecular complexity index is 899. The van der Waals surface area contributed by atoms with Crippen LogP contribution < -0.4 is 5.73 Å². The number of amides is 1. The van der Waals surface area contributed by atoms with Crippen molar-refractivity contribution in [2.24, 2.45) is 5.73 Å². The van der Waals surface area contributed by atoms with Crippen LogP contribution in [0.15, 0.2) is 42.6 Å². The first-order valence-electron chi connectivity index (χ1n) is 6.38. The lowest BCUT2D eigenvalue weighted by atomic mass is 10.0. The van der Waals surface area contributed by atoms with E-state index < -0.39 is 5.91 Å². The van der Waals surface area contributed by atoms with Gasteiger partial charge in [0, 0.05) is 17.3 Å². The maximum atomic E-state index is 11.3. The Balaban J connectivity index is 2.06. The van der Waals surface area contributed by atoms with Gasteiger partial charge in [0.1, 0.15) is 0 Å². The maximum absolute atomic E-state index is 11.3. The Morgan fingerprint density at radius 2 is 2.00 bits per heavy atom.